The SMILES string of the molecule is CC(C)N(CCOCc1ccccc1)C(N)=O. The smallest absolute Gasteiger partial charge is 0.315 e. The second kappa shape index (κ2) is 6.91. The van der Waals surface area contributed by atoms with Crippen LogP contribution in [-0.4, -0.2) is 30.1 Å². The summed E-state index contributed by atoms with van der Waals surface area (Å²) in [6.07, 6.45) is 0. The molecule has 1 rings (SSSR count). The third-order valence-corrected chi connectivity index (χ3v) is 2.49. The Morgan fingerprint density at radius 1 is 1.35 bits per heavy atom. The fourth-order valence-corrected chi connectivity index (χ4v) is 1.55. The molecule has 2 amide bonds. The molecule has 94 valence electrons. The molecule has 0 fully saturated rings. The second-order valence-electron chi connectivity index (χ2n) is 4.16. The van der Waals surface area contributed by atoms with E-state index in [2.05, 4.69) is 0 Å². The first-order chi connectivity index (χ1) is 8.11. The van der Waals surface area contributed by atoms with E-state index >= 15 is 0 Å². The molecule has 0 saturated carbocycles. The van der Waals surface area contributed by atoms with Crippen molar-refractivity contribution in [2.24, 2.45) is 5.73 Å². The number of amides is 2. The van der Waals surface area contributed by atoms with Crippen molar-refractivity contribution in [1.82, 2.24) is 4.90 Å². The highest BCUT2D eigenvalue weighted by Crippen LogP contribution is 2.01. The van der Waals surface area contributed by atoms with Gasteiger partial charge in [-0.3, -0.25) is 0 Å². The summed E-state index contributed by atoms with van der Waals surface area (Å²) in [5.41, 5.74) is 6.39. The Morgan fingerprint density at radius 3 is 2.53 bits per heavy atom. The summed E-state index contributed by atoms with van der Waals surface area (Å²) < 4.78 is 5.50. The maximum absolute atomic E-state index is 11.1. The van der Waals surface area contributed by atoms with Crippen LogP contribution in [0.1, 0.15) is 19.4 Å². The highest BCUT2D eigenvalue weighted by atomic mass is 16.5. The van der Waals surface area contributed by atoms with Gasteiger partial charge in [-0.1, -0.05) is 30.3 Å². The monoisotopic (exact) mass is 236 g/mol. The maximum Gasteiger partial charge on any atom is 0.315 e. The van der Waals surface area contributed by atoms with Crippen molar-refractivity contribution in [2.45, 2.75) is 26.5 Å². The van der Waals surface area contributed by atoms with Crippen molar-refractivity contribution in [3.8, 4) is 0 Å². The largest absolute Gasteiger partial charge is 0.375 e. The molecule has 17 heavy (non-hydrogen) atoms. The molecule has 0 bridgehead atoms. The molecule has 0 aliphatic rings. The molecule has 0 heterocycles. The summed E-state index contributed by atoms with van der Waals surface area (Å²) in [6.45, 7) is 5.45. The minimum absolute atomic E-state index is 0.104. The van der Waals surface area contributed by atoms with Gasteiger partial charge in [0.15, 0.2) is 0 Å². The van der Waals surface area contributed by atoms with E-state index in [0.29, 0.717) is 19.8 Å². The fourth-order valence-electron chi connectivity index (χ4n) is 1.55. The number of carbonyl (C=O) groups is 1. The van der Waals surface area contributed by atoms with Gasteiger partial charge in [0, 0.05) is 12.6 Å². The number of rotatable bonds is 6. The molecule has 4 nitrogen and oxygen atoms in total. The van der Waals surface area contributed by atoms with Crippen LogP contribution in [-0.2, 0) is 11.3 Å². The number of nitrogens with zero attached hydrogens (tertiary/aromatic N) is 1. The number of urea groups is 1. The lowest BCUT2D eigenvalue weighted by Crippen LogP contribution is -2.42. The zero-order chi connectivity index (χ0) is 12.7. The average molecular weight is 236 g/mol. The first kappa shape index (κ1) is 13.5. The van der Waals surface area contributed by atoms with Crippen LogP contribution in [0.4, 0.5) is 4.79 Å². The third kappa shape index (κ3) is 4.87. The van der Waals surface area contributed by atoms with E-state index in [1.807, 2.05) is 44.2 Å². The van der Waals surface area contributed by atoms with Gasteiger partial charge < -0.3 is 15.4 Å². The minimum Gasteiger partial charge on any atom is -0.375 e. The van der Waals surface area contributed by atoms with Crippen molar-refractivity contribution >= 4 is 6.03 Å². The summed E-state index contributed by atoms with van der Waals surface area (Å²) in [5.74, 6) is 0. The van der Waals surface area contributed by atoms with Gasteiger partial charge in [0.05, 0.1) is 13.2 Å². The molecule has 1 aromatic carbocycles. The summed E-state index contributed by atoms with van der Waals surface area (Å²) in [4.78, 5) is 12.7. The average Bonchev–Trinajstić information content (AvgIpc) is 2.29. The van der Waals surface area contributed by atoms with Crippen molar-refractivity contribution in [3.63, 3.8) is 0 Å². The van der Waals surface area contributed by atoms with E-state index in [1.54, 1.807) is 4.90 Å². The first-order valence-electron chi connectivity index (χ1n) is 5.79. The number of nitrogens with two attached hydrogens (primary N) is 1. The Bertz CT molecular complexity index is 339. The van der Waals surface area contributed by atoms with E-state index in [9.17, 15) is 4.79 Å². The van der Waals surface area contributed by atoms with Crippen LogP contribution in [0.15, 0.2) is 30.3 Å². The molecule has 0 aliphatic carbocycles. The molecule has 0 atom stereocenters. The molecular weight excluding hydrogens is 216 g/mol. The number of primary amides is 1. The Hall–Kier alpha value is -1.55. The number of hydrogen-bond acceptors (Lipinski definition) is 2. The number of carbonyl (C=O) groups excluding carboxylic acids is 1. The summed E-state index contributed by atoms with van der Waals surface area (Å²) >= 11 is 0. The predicted octanol–water partition coefficient (Wildman–Crippen LogP) is 1.99. The highest BCUT2D eigenvalue weighted by Gasteiger charge is 2.12. The molecule has 0 aliphatic heterocycles. The molecule has 0 saturated heterocycles. The molecule has 4 heteroatoms. The van der Waals surface area contributed by atoms with E-state index in [-0.39, 0.29) is 6.04 Å². The molecule has 0 spiro atoms. The molecule has 1 aromatic rings. The van der Waals surface area contributed by atoms with Crippen LogP contribution in [0.5, 0.6) is 0 Å². The van der Waals surface area contributed by atoms with Gasteiger partial charge in [-0.15, -0.1) is 0 Å². The van der Waals surface area contributed by atoms with E-state index in [4.69, 9.17) is 10.5 Å². The maximum atomic E-state index is 11.1. The van der Waals surface area contributed by atoms with Crippen LogP contribution in [0.25, 0.3) is 0 Å². The van der Waals surface area contributed by atoms with Gasteiger partial charge in [-0.25, -0.2) is 4.79 Å². The fraction of sp³-hybridized carbons (Fsp3) is 0.462. The third-order valence-electron chi connectivity index (χ3n) is 2.49. The van der Waals surface area contributed by atoms with Gasteiger partial charge >= 0.3 is 6.03 Å². The molecule has 0 unspecified atom stereocenters. The van der Waals surface area contributed by atoms with Crippen molar-refractivity contribution < 1.29 is 9.53 Å². The summed E-state index contributed by atoms with van der Waals surface area (Å²) in [6, 6.07) is 9.64. The molecule has 0 radical (unpaired) electrons. The lowest BCUT2D eigenvalue weighted by Gasteiger charge is -2.24. The van der Waals surface area contributed by atoms with Crippen molar-refractivity contribution in [1.29, 1.82) is 0 Å². The van der Waals surface area contributed by atoms with Crippen LogP contribution >= 0.6 is 0 Å². The number of ether oxygens (including phenoxy) is 1. The Labute approximate surface area is 102 Å². The van der Waals surface area contributed by atoms with Gasteiger partial charge in [-0.2, -0.15) is 0 Å². The first-order valence-corrected chi connectivity index (χ1v) is 5.79. The number of hydrogen-bond donors (Lipinski definition) is 1. The van der Waals surface area contributed by atoms with Crippen molar-refractivity contribution in [2.75, 3.05) is 13.2 Å². The zero-order valence-electron chi connectivity index (χ0n) is 10.4. The van der Waals surface area contributed by atoms with Crippen molar-refractivity contribution in [3.05, 3.63) is 35.9 Å². The lowest BCUT2D eigenvalue weighted by atomic mass is 10.2. The van der Waals surface area contributed by atoms with Gasteiger partial charge in [0.25, 0.3) is 0 Å². The van der Waals surface area contributed by atoms with E-state index in [0.717, 1.165) is 5.56 Å². The topological polar surface area (TPSA) is 55.6 Å². The van der Waals surface area contributed by atoms with Gasteiger partial charge in [0.2, 0.25) is 0 Å². The van der Waals surface area contributed by atoms with Gasteiger partial charge in [-0.05, 0) is 19.4 Å². The normalized spacial score (nSPS) is 10.5. The summed E-state index contributed by atoms with van der Waals surface area (Å²) in [5, 5.41) is 0. The Morgan fingerprint density at radius 2 is 2.00 bits per heavy atom. The zero-order valence-corrected chi connectivity index (χ0v) is 10.4. The second-order valence-corrected chi connectivity index (χ2v) is 4.16. The standard InChI is InChI=1S/C13H20N2O2/c1-11(2)15(13(14)16)8-9-17-10-12-6-4-3-5-7-12/h3-7,11H,8-10H2,1-2H3,(H2,14,16). The predicted molar refractivity (Wildman–Crippen MR) is 67.5 cm³/mol. The van der Waals surface area contributed by atoms with Crippen LogP contribution in [0.2, 0.25) is 0 Å². The molecule has 0 aromatic heterocycles. The Balaban J connectivity index is 2.26. The quantitative estimate of drug-likeness (QED) is 0.768. The van der Waals surface area contributed by atoms with Gasteiger partial charge in [0.1, 0.15) is 0 Å². The number of benzene rings is 1. The highest BCUT2D eigenvalue weighted by molar-refractivity contribution is 5.72. The molecular formula is C13H20N2O2. The van der Waals surface area contributed by atoms with Crippen LogP contribution in [0, 0.1) is 0 Å². The van der Waals surface area contributed by atoms with E-state index in [1.165, 1.54) is 0 Å². The minimum atomic E-state index is -0.400. The summed E-state index contributed by atoms with van der Waals surface area (Å²) in [7, 11) is 0. The lowest BCUT2D eigenvalue weighted by molar-refractivity contribution is 0.0935. The molecule has 2 N–H and O–H groups in total. The van der Waals surface area contributed by atoms with Crippen LogP contribution < -0.4 is 5.73 Å². The van der Waals surface area contributed by atoms with E-state index < -0.39 is 6.03 Å². The van der Waals surface area contributed by atoms with Crippen LogP contribution in [0.3, 0.4) is 0 Å². The Kier molecular flexibility index (Phi) is 5.49.